The first kappa shape index (κ1) is 14.6. The Balaban J connectivity index is 2.23. The first-order valence-corrected chi connectivity index (χ1v) is 6.91. The zero-order chi connectivity index (χ0) is 14.4. The lowest BCUT2D eigenvalue weighted by molar-refractivity contribution is 0.276. The molecular formula is C17H21NO2. The molecule has 0 radical (unpaired) electrons. The Kier molecular flexibility index (Phi) is 5.16. The topological polar surface area (TPSA) is 41.5 Å². The van der Waals surface area contributed by atoms with E-state index in [0.717, 1.165) is 30.0 Å². The second-order valence-electron chi connectivity index (χ2n) is 4.75. The molecule has 0 heterocycles. The molecule has 2 aromatic rings. The van der Waals surface area contributed by atoms with Gasteiger partial charge in [-0.15, -0.1) is 0 Å². The quantitative estimate of drug-likeness (QED) is 0.846. The SMILES string of the molecule is CCNCc1ccc(C)c(Oc2ccccc2CO)c1. The predicted molar refractivity (Wildman–Crippen MR) is 81.0 cm³/mol. The number of ether oxygens (including phenoxy) is 1. The van der Waals surface area contributed by atoms with Gasteiger partial charge in [0, 0.05) is 12.1 Å². The van der Waals surface area contributed by atoms with Gasteiger partial charge in [-0.05, 0) is 36.7 Å². The van der Waals surface area contributed by atoms with Crippen LogP contribution in [0.25, 0.3) is 0 Å². The maximum absolute atomic E-state index is 9.35. The Morgan fingerprint density at radius 2 is 1.90 bits per heavy atom. The Morgan fingerprint density at radius 3 is 2.65 bits per heavy atom. The number of aliphatic hydroxyl groups excluding tert-OH is 1. The standard InChI is InChI=1S/C17H21NO2/c1-3-18-11-14-9-8-13(2)17(10-14)20-16-7-5-4-6-15(16)12-19/h4-10,18-19H,3,11-12H2,1-2H3. The monoisotopic (exact) mass is 271 g/mol. The largest absolute Gasteiger partial charge is 0.457 e. The van der Waals surface area contributed by atoms with E-state index in [0.29, 0.717) is 5.75 Å². The maximum Gasteiger partial charge on any atom is 0.132 e. The highest BCUT2D eigenvalue weighted by Crippen LogP contribution is 2.28. The number of aliphatic hydroxyl groups is 1. The molecule has 2 aromatic carbocycles. The van der Waals surface area contributed by atoms with Crippen molar-refractivity contribution in [2.24, 2.45) is 0 Å². The highest BCUT2D eigenvalue weighted by atomic mass is 16.5. The van der Waals surface area contributed by atoms with Crippen molar-refractivity contribution in [1.29, 1.82) is 0 Å². The smallest absolute Gasteiger partial charge is 0.132 e. The average Bonchev–Trinajstić information content (AvgIpc) is 2.48. The van der Waals surface area contributed by atoms with Crippen LogP contribution >= 0.6 is 0 Å². The second-order valence-corrected chi connectivity index (χ2v) is 4.75. The predicted octanol–water partition coefficient (Wildman–Crippen LogP) is 3.39. The molecule has 0 spiro atoms. The van der Waals surface area contributed by atoms with E-state index in [9.17, 15) is 5.11 Å². The van der Waals surface area contributed by atoms with Crippen molar-refractivity contribution < 1.29 is 9.84 Å². The summed E-state index contributed by atoms with van der Waals surface area (Å²) in [4.78, 5) is 0. The number of para-hydroxylation sites is 1. The lowest BCUT2D eigenvalue weighted by Crippen LogP contribution is -2.11. The van der Waals surface area contributed by atoms with E-state index in [4.69, 9.17) is 4.74 Å². The third-order valence-corrected chi connectivity index (χ3v) is 3.19. The Labute approximate surface area is 120 Å². The van der Waals surface area contributed by atoms with Crippen LogP contribution in [0, 0.1) is 6.92 Å². The summed E-state index contributed by atoms with van der Waals surface area (Å²) in [5.41, 5.74) is 3.07. The van der Waals surface area contributed by atoms with E-state index in [1.165, 1.54) is 5.56 Å². The highest BCUT2D eigenvalue weighted by Gasteiger charge is 2.06. The van der Waals surface area contributed by atoms with Crippen LogP contribution in [0.3, 0.4) is 0 Å². The van der Waals surface area contributed by atoms with Gasteiger partial charge in [-0.3, -0.25) is 0 Å². The fraction of sp³-hybridized carbons (Fsp3) is 0.294. The normalized spacial score (nSPS) is 10.6. The highest BCUT2D eigenvalue weighted by molar-refractivity contribution is 5.42. The van der Waals surface area contributed by atoms with Crippen LogP contribution in [-0.2, 0) is 13.2 Å². The van der Waals surface area contributed by atoms with Crippen molar-refractivity contribution in [2.45, 2.75) is 27.0 Å². The van der Waals surface area contributed by atoms with Crippen LogP contribution in [0.15, 0.2) is 42.5 Å². The van der Waals surface area contributed by atoms with Crippen molar-refractivity contribution in [1.82, 2.24) is 5.32 Å². The zero-order valence-electron chi connectivity index (χ0n) is 12.0. The van der Waals surface area contributed by atoms with Gasteiger partial charge in [0.2, 0.25) is 0 Å². The summed E-state index contributed by atoms with van der Waals surface area (Å²) >= 11 is 0. The zero-order valence-corrected chi connectivity index (χ0v) is 12.0. The van der Waals surface area contributed by atoms with Crippen molar-refractivity contribution in [3.8, 4) is 11.5 Å². The van der Waals surface area contributed by atoms with E-state index in [-0.39, 0.29) is 6.61 Å². The van der Waals surface area contributed by atoms with Crippen LogP contribution in [0.4, 0.5) is 0 Å². The Bertz CT molecular complexity index is 567. The molecular weight excluding hydrogens is 250 g/mol. The molecule has 2 N–H and O–H groups in total. The lowest BCUT2D eigenvalue weighted by atomic mass is 10.1. The summed E-state index contributed by atoms with van der Waals surface area (Å²) in [5.74, 6) is 1.54. The molecule has 0 fully saturated rings. The third kappa shape index (κ3) is 3.59. The van der Waals surface area contributed by atoms with Gasteiger partial charge in [0.15, 0.2) is 0 Å². The number of hydrogen-bond donors (Lipinski definition) is 2. The molecule has 0 unspecified atom stereocenters. The van der Waals surface area contributed by atoms with Crippen LogP contribution < -0.4 is 10.1 Å². The number of aryl methyl sites for hydroxylation is 1. The van der Waals surface area contributed by atoms with E-state index in [1.54, 1.807) is 0 Å². The van der Waals surface area contributed by atoms with Crippen molar-refractivity contribution >= 4 is 0 Å². The minimum atomic E-state index is -0.0215. The summed E-state index contributed by atoms with van der Waals surface area (Å²) in [6.45, 7) is 5.86. The molecule has 3 nitrogen and oxygen atoms in total. The maximum atomic E-state index is 9.35. The molecule has 0 atom stereocenters. The van der Waals surface area contributed by atoms with E-state index in [2.05, 4.69) is 24.4 Å². The van der Waals surface area contributed by atoms with E-state index in [1.807, 2.05) is 37.3 Å². The van der Waals surface area contributed by atoms with E-state index >= 15 is 0 Å². The van der Waals surface area contributed by atoms with Gasteiger partial charge in [-0.25, -0.2) is 0 Å². The molecule has 0 aliphatic carbocycles. The molecule has 0 amide bonds. The minimum Gasteiger partial charge on any atom is -0.457 e. The van der Waals surface area contributed by atoms with Crippen molar-refractivity contribution in [2.75, 3.05) is 6.54 Å². The van der Waals surface area contributed by atoms with Crippen LogP contribution in [0.2, 0.25) is 0 Å². The molecule has 0 aliphatic rings. The third-order valence-electron chi connectivity index (χ3n) is 3.19. The second kappa shape index (κ2) is 7.08. The number of hydrogen-bond acceptors (Lipinski definition) is 3. The van der Waals surface area contributed by atoms with Crippen LogP contribution in [0.1, 0.15) is 23.6 Å². The van der Waals surface area contributed by atoms with Gasteiger partial charge in [0.1, 0.15) is 11.5 Å². The van der Waals surface area contributed by atoms with Gasteiger partial charge >= 0.3 is 0 Å². The molecule has 20 heavy (non-hydrogen) atoms. The number of benzene rings is 2. The summed E-state index contributed by atoms with van der Waals surface area (Å²) in [5, 5.41) is 12.6. The molecule has 0 aliphatic heterocycles. The first-order chi connectivity index (χ1) is 9.74. The van der Waals surface area contributed by atoms with Gasteiger partial charge < -0.3 is 15.2 Å². The number of nitrogens with one attached hydrogen (secondary N) is 1. The van der Waals surface area contributed by atoms with Crippen molar-refractivity contribution in [3.05, 3.63) is 59.2 Å². The fourth-order valence-electron chi connectivity index (χ4n) is 1.99. The Morgan fingerprint density at radius 1 is 1.10 bits per heavy atom. The van der Waals surface area contributed by atoms with Gasteiger partial charge in [-0.2, -0.15) is 0 Å². The molecule has 0 saturated heterocycles. The van der Waals surface area contributed by atoms with E-state index < -0.39 is 0 Å². The molecule has 0 aromatic heterocycles. The van der Waals surface area contributed by atoms with Gasteiger partial charge in [-0.1, -0.05) is 37.3 Å². The first-order valence-electron chi connectivity index (χ1n) is 6.91. The summed E-state index contributed by atoms with van der Waals surface area (Å²) in [6.07, 6.45) is 0. The van der Waals surface area contributed by atoms with Crippen molar-refractivity contribution in [3.63, 3.8) is 0 Å². The fourth-order valence-corrected chi connectivity index (χ4v) is 1.99. The lowest BCUT2D eigenvalue weighted by Gasteiger charge is -2.13. The van der Waals surface area contributed by atoms with Gasteiger partial charge in [0.05, 0.1) is 6.61 Å². The number of rotatable bonds is 6. The Hall–Kier alpha value is -1.84. The molecule has 2 rings (SSSR count). The molecule has 0 bridgehead atoms. The van der Waals surface area contributed by atoms with Crippen LogP contribution in [-0.4, -0.2) is 11.7 Å². The summed E-state index contributed by atoms with van der Waals surface area (Å²) < 4.78 is 5.96. The molecule has 106 valence electrons. The molecule has 0 saturated carbocycles. The minimum absolute atomic E-state index is 0.0215. The average molecular weight is 271 g/mol. The summed E-state index contributed by atoms with van der Waals surface area (Å²) in [6, 6.07) is 13.8. The molecule has 3 heteroatoms. The van der Waals surface area contributed by atoms with Gasteiger partial charge in [0.25, 0.3) is 0 Å². The summed E-state index contributed by atoms with van der Waals surface area (Å²) in [7, 11) is 0. The van der Waals surface area contributed by atoms with Crippen LogP contribution in [0.5, 0.6) is 11.5 Å².